The van der Waals surface area contributed by atoms with Gasteiger partial charge in [-0.1, -0.05) is 34.5 Å². The Morgan fingerprint density at radius 2 is 1.85 bits per heavy atom. The van der Waals surface area contributed by atoms with Gasteiger partial charge in [-0.2, -0.15) is 0 Å². The van der Waals surface area contributed by atoms with Crippen molar-refractivity contribution in [2.75, 3.05) is 12.4 Å². The second kappa shape index (κ2) is 10.7. The molecule has 9 nitrogen and oxygen atoms in total. The molecule has 4 aromatic rings. The standard InChI is InChI=1S/C26H20Cl2F2N6O3S/c1-12-4-14(15-6-21(28)32-9-19(15)39-3)16(8-31-12)23(37)35-25-34-18-10-36(11-20(18)40-25)24(38)22-17(26(2,29)30)5-13(27)7-33-22/h4-9H,10-11H2,1-3H3,(H,34,35,37). The molecule has 5 rings (SSSR count). The quantitative estimate of drug-likeness (QED) is 0.263. The van der Waals surface area contributed by atoms with Gasteiger partial charge in [-0.15, -0.1) is 0 Å². The van der Waals surface area contributed by atoms with Crippen LogP contribution in [0, 0.1) is 6.92 Å². The molecule has 206 valence electrons. The summed E-state index contributed by atoms with van der Waals surface area (Å²) < 4.78 is 33.7. The van der Waals surface area contributed by atoms with Gasteiger partial charge in [0.15, 0.2) is 5.13 Å². The second-order valence-corrected chi connectivity index (χ2v) is 10.9. The highest BCUT2D eigenvalue weighted by Gasteiger charge is 2.36. The Bertz CT molecular complexity index is 1640. The van der Waals surface area contributed by atoms with Crippen molar-refractivity contribution in [1.82, 2.24) is 24.8 Å². The number of alkyl halides is 2. The van der Waals surface area contributed by atoms with Gasteiger partial charge in [0.05, 0.1) is 53.1 Å². The summed E-state index contributed by atoms with van der Waals surface area (Å²) >= 11 is 13.1. The molecule has 0 bridgehead atoms. The normalized spacial score (nSPS) is 12.8. The van der Waals surface area contributed by atoms with E-state index in [1.54, 1.807) is 19.1 Å². The van der Waals surface area contributed by atoms with E-state index in [0.29, 0.717) is 45.2 Å². The summed E-state index contributed by atoms with van der Waals surface area (Å²) in [6.45, 7) is 2.68. The largest absolute Gasteiger partial charge is 0.494 e. The van der Waals surface area contributed by atoms with Gasteiger partial charge in [-0.25, -0.2) is 23.7 Å². The molecule has 0 radical (unpaired) electrons. The third-order valence-corrected chi connectivity index (χ3v) is 7.53. The minimum atomic E-state index is -3.31. The Kier molecular flexibility index (Phi) is 7.42. The Morgan fingerprint density at radius 3 is 2.55 bits per heavy atom. The van der Waals surface area contributed by atoms with E-state index in [1.165, 1.54) is 35.7 Å². The third kappa shape index (κ3) is 5.47. The number of thiazole rings is 1. The minimum Gasteiger partial charge on any atom is -0.494 e. The molecule has 1 aliphatic rings. The molecule has 0 aliphatic carbocycles. The number of ether oxygens (including phenoxy) is 1. The molecule has 4 aromatic heterocycles. The lowest BCUT2D eigenvalue weighted by atomic mass is 10.0. The van der Waals surface area contributed by atoms with Crippen LogP contribution in [0.25, 0.3) is 11.1 Å². The molecule has 0 atom stereocenters. The third-order valence-electron chi connectivity index (χ3n) is 6.12. The van der Waals surface area contributed by atoms with Crippen LogP contribution >= 0.6 is 34.5 Å². The zero-order chi connectivity index (χ0) is 28.8. The number of hydrogen-bond acceptors (Lipinski definition) is 8. The van der Waals surface area contributed by atoms with E-state index in [9.17, 15) is 18.4 Å². The number of halogens is 4. The summed E-state index contributed by atoms with van der Waals surface area (Å²) in [5.41, 5.74) is 1.70. The Labute approximate surface area is 241 Å². The predicted octanol–water partition coefficient (Wildman–Crippen LogP) is 6.14. The summed E-state index contributed by atoms with van der Waals surface area (Å²) in [6, 6.07) is 4.39. The Balaban J connectivity index is 1.36. The molecule has 0 saturated heterocycles. The van der Waals surface area contributed by atoms with Gasteiger partial charge >= 0.3 is 0 Å². The summed E-state index contributed by atoms with van der Waals surface area (Å²) in [4.78, 5) is 45.1. The molecule has 1 N–H and O–H groups in total. The number of carbonyl (C=O) groups is 2. The van der Waals surface area contributed by atoms with Crippen molar-refractivity contribution in [1.29, 1.82) is 0 Å². The Hall–Kier alpha value is -3.74. The molecule has 14 heteroatoms. The molecular weight excluding hydrogens is 585 g/mol. The molecule has 1 aliphatic heterocycles. The van der Waals surface area contributed by atoms with Crippen LogP contribution in [0.5, 0.6) is 5.75 Å². The molecular formula is C26H20Cl2F2N6O3S. The first-order chi connectivity index (χ1) is 18.9. The van der Waals surface area contributed by atoms with Gasteiger partial charge in [0, 0.05) is 36.1 Å². The molecule has 0 saturated carbocycles. The molecule has 5 heterocycles. The van der Waals surface area contributed by atoms with Crippen LogP contribution in [0.4, 0.5) is 13.9 Å². The lowest BCUT2D eigenvalue weighted by Crippen LogP contribution is -2.29. The van der Waals surface area contributed by atoms with E-state index in [0.717, 1.165) is 12.3 Å². The van der Waals surface area contributed by atoms with E-state index in [2.05, 4.69) is 25.3 Å². The maximum Gasteiger partial charge on any atom is 0.273 e. The topological polar surface area (TPSA) is 110 Å². The van der Waals surface area contributed by atoms with Crippen molar-refractivity contribution in [3.8, 4) is 16.9 Å². The maximum atomic E-state index is 14.1. The first kappa shape index (κ1) is 27.8. The van der Waals surface area contributed by atoms with Crippen molar-refractivity contribution in [2.24, 2.45) is 0 Å². The van der Waals surface area contributed by atoms with Crippen molar-refractivity contribution >= 4 is 51.5 Å². The second-order valence-electron chi connectivity index (χ2n) is 9.02. The number of fused-ring (bicyclic) bond motifs is 1. The van der Waals surface area contributed by atoms with Gasteiger partial charge in [0.2, 0.25) is 0 Å². The van der Waals surface area contributed by atoms with Crippen molar-refractivity contribution in [2.45, 2.75) is 32.9 Å². The first-order valence-electron chi connectivity index (χ1n) is 11.7. The number of rotatable bonds is 6. The zero-order valence-electron chi connectivity index (χ0n) is 21.3. The number of aromatic nitrogens is 4. The van der Waals surface area contributed by atoms with Crippen LogP contribution < -0.4 is 10.1 Å². The summed E-state index contributed by atoms with van der Waals surface area (Å²) in [6.07, 6.45) is 4.08. The van der Waals surface area contributed by atoms with E-state index in [4.69, 9.17) is 27.9 Å². The number of carbonyl (C=O) groups excluding carboxylic acids is 2. The van der Waals surface area contributed by atoms with Crippen molar-refractivity contribution < 1.29 is 23.1 Å². The average Bonchev–Trinajstić information content (AvgIpc) is 3.46. The first-order valence-corrected chi connectivity index (χ1v) is 13.3. The number of hydrogen-bond donors (Lipinski definition) is 1. The van der Waals surface area contributed by atoms with Crippen LogP contribution in [0.2, 0.25) is 10.2 Å². The lowest BCUT2D eigenvalue weighted by molar-refractivity contribution is 0.0152. The number of anilines is 1. The average molecular weight is 605 g/mol. The minimum absolute atomic E-state index is 0.00746. The van der Waals surface area contributed by atoms with E-state index < -0.39 is 23.3 Å². The van der Waals surface area contributed by atoms with Crippen molar-refractivity contribution in [3.05, 3.63) is 80.1 Å². The SMILES string of the molecule is COc1cnc(Cl)cc1-c1cc(C)ncc1C(=O)Nc1nc2c(s1)CN(C(=O)c1ncc(Cl)cc1C(C)(F)F)C2. The number of pyridine rings is 3. The highest BCUT2D eigenvalue weighted by atomic mass is 35.5. The van der Waals surface area contributed by atoms with E-state index in [-0.39, 0.29) is 34.5 Å². The van der Waals surface area contributed by atoms with Gasteiger partial charge < -0.3 is 9.64 Å². The van der Waals surface area contributed by atoms with Crippen LogP contribution in [-0.2, 0) is 19.0 Å². The molecule has 2 amide bonds. The fourth-order valence-corrected chi connectivity index (χ4v) is 5.55. The maximum absolute atomic E-state index is 14.1. The molecule has 0 spiro atoms. The zero-order valence-corrected chi connectivity index (χ0v) is 23.6. The van der Waals surface area contributed by atoms with Crippen LogP contribution in [0.1, 0.15) is 49.6 Å². The summed E-state index contributed by atoms with van der Waals surface area (Å²) in [5.74, 6) is -4.00. The molecule has 0 unspecified atom stereocenters. The van der Waals surface area contributed by atoms with E-state index in [1.807, 2.05) is 0 Å². The smallest absolute Gasteiger partial charge is 0.273 e. The molecule has 0 aromatic carbocycles. The van der Waals surface area contributed by atoms with Crippen LogP contribution in [0.3, 0.4) is 0 Å². The van der Waals surface area contributed by atoms with Gasteiger partial charge in [-0.05, 0) is 25.1 Å². The summed E-state index contributed by atoms with van der Waals surface area (Å²) in [5, 5.41) is 3.35. The lowest BCUT2D eigenvalue weighted by Gasteiger charge is -2.19. The van der Waals surface area contributed by atoms with Crippen molar-refractivity contribution in [3.63, 3.8) is 0 Å². The van der Waals surface area contributed by atoms with Gasteiger partial charge in [-0.3, -0.25) is 19.9 Å². The van der Waals surface area contributed by atoms with Gasteiger partial charge in [0.1, 0.15) is 16.6 Å². The number of amides is 2. The number of nitrogens with one attached hydrogen (secondary N) is 1. The fourth-order valence-electron chi connectivity index (χ4n) is 4.25. The summed E-state index contributed by atoms with van der Waals surface area (Å²) in [7, 11) is 1.49. The fraction of sp³-hybridized carbons (Fsp3) is 0.231. The highest BCUT2D eigenvalue weighted by Crippen LogP contribution is 2.37. The monoisotopic (exact) mass is 604 g/mol. The molecule has 40 heavy (non-hydrogen) atoms. The number of methoxy groups -OCH3 is 1. The van der Waals surface area contributed by atoms with Crippen LogP contribution in [-0.4, -0.2) is 43.8 Å². The van der Waals surface area contributed by atoms with Crippen LogP contribution in [0.15, 0.2) is 36.8 Å². The number of aryl methyl sites for hydroxylation is 1. The Morgan fingerprint density at radius 1 is 1.07 bits per heavy atom. The molecule has 0 fully saturated rings. The van der Waals surface area contributed by atoms with Gasteiger partial charge in [0.25, 0.3) is 17.7 Å². The van der Waals surface area contributed by atoms with E-state index >= 15 is 0 Å². The number of nitrogens with zero attached hydrogens (tertiary/aromatic N) is 5. The highest BCUT2D eigenvalue weighted by molar-refractivity contribution is 7.16. The predicted molar refractivity (Wildman–Crippen MR) is 146 cm³/mol.